The van der Waals surface area contributed by atoms with Crippen LogP contribution in [0.5, 0.6) is 0 Å². The molecule has 2 aromatic heterocycles. The number of carboxylic acid groups (broad SMARTS) is 1. The first-order chi connectivity index (χ1) is 12.6. The van der Waals surface area contributed by atoms with Crippen LogP contribution in [0.4, 0.5) is 0 Å². The number of para-hydroxylation sites is 1. The van der Waals surface area contributed by atoms with Crippen LogP contribution >= 0.6 is 0 Å². The third-order valence-corrected chi connectivity index (χ3v) is 4.10. The summed E-state index contributed by atoms with van der Waals surface area (Å²) in [6, 6.07) is 18.8. The SMILES string of the molecule is Cc1onc(-c2ccccc2)c1-c1cn(-c2ccccc2)c(C(=O)O)n1. The minimum absolute atomic E-state index is 0.0641. The van der Waals surface area contributed by atoms with Crippen LogP contribution in [0.1, 0.15) is 16.4 Å². The van der Waals surface area contributed by atoms with Crippen molar-refractivity contribution in [1.82, 2.24) is 14.7 Å². The summed E-state index contributed by atoms with van der Waals surface area (Å²) < 4.78 is 6.93. The highest BCUT2D eigenvalue weighted by molar-refractivity contribution is 5.87. The second-order valence-electron chi connectivity index (χ2n) is 5.79. The van der Waals surface area contributed by atoms with Crippen LogP contribution < -0.4 is 0 Å². The fourth-order valence-corrected chi connectivity index (χ4v) is 2.90. The van der Waals surface area contributed by atoms with E-state index in [1.807, 2.05) is 60.7 Å². The molecule has 0 aliphatic carbocycles. The molecule has 0 fully saturated rings. The fourth-order valence-electron chi connectivity index (χ4n) is 2.90. The maximum absolute atomic E-state index is 11.7. The Balaban J connectivity index is 1.91. The Labute approximate surface area is 149 Å². The number of aromatic nitrogens is 3. The number of hydrogen-bond donors (Lipinski definition) is 1. The predicted molar refractivity (Wildman–Crippen MR) is 96.2 cm³/mol. The van der Waals surface area contributed by atoms with Crippen molar-refractivity contribution >= 4 is 5.97 Å². The minimum Gasteiger partial charge on any atom is -0.475 e. The number of carboxylic acids is 1. The van der Waals surface area contributed by atoms with Crippen LogP contribution in [0, 0.1) is 6.92 Å². The molecule has 0 atom stereocenters. The molecule has 0 aliphatic rings. The van der Waals surface area contributed by atoms with E-state index in [0.717, 1.165) is 11.3 Å². The van der Waals surface area contributed by atoms with Crippen molar-refractivity contribution in [2.75, 3.05) is 0 Å². The van der Waals surface area contributed by atoms with Crippen molar-refractivity contribution in [2.45, 2.75) is 6.92 Å². The van der Waals surface area contributed by atoms with E-state index in [9.17, 15) is 9.90 Å². The Morgan fingerprint density at radius 1 is 1.04 bits per heavy atom. The van der Waals surface area contributed by atoms with Crippen LogP contribution in [0.2, 0.25) is 0 Å². The highest BCUT2D eigenvalue weighted by Gasteiger charge is 2.23. The number of hydrogen-bond acceptors (Lipinski definition) is 4. The molecule has 2 aromatic carbocycles. The van der Waals surface area contributed by atoms with Gasteiger partial charge in [-0.2, -0.15) is 0 Å². The highest BCUT2D eigenvalue weighted by atomic mass is 16.5. The quantitative estimate of drug-likeness (QED) is 0.599. The van der Waals surface area contributed by atoms with E-state index in [4.69, 9.17) is 4.52 Å². The minimum atomic E-state index is -1.10. The molecule has 0 aliphatic heterocycles. The molecule has 26 heavy (non-hydrogen) atoms. The summed E-state index contributed by atoms with van der Waals surface area (Å²) in [6.45, 7) is 1.79. The number of carbonyl (C=O) groups is 1. The number of benzene rings is 2. The maximum Gasteiger partial charge on any atom is 0.372 e. The summed E-state index contributed by atoms with van der Waals surface area (Å²) in [6.07, 6.45) is 1.70. The zero-order valence-corrected chi connectivity index (χ0v) is 14.0. The van der Waals surface area contributed by atoms with E-state index >= 15 is 0 Å². The van der Waals surface area contributed by atoms with E-state index in [-0.39, 0.29) is 5.82 Å². The zero-order chi connectivity index (χ0) is 18.1. The maximum atomic E-state index is 11.7. The lowest BCUT2D eigenvalue weighted by Gasteiger charge is -2.03. The molecule has 0 amide bonds. The molecule has 0 saturated carbocycles. The molecule has 1 N–H and O–H groups in total. The predicted octanol–water partition coefficient (Wildman–Crippen LogP) is 4.20. The van der Waals surface area contributed by atoms with Gasteiger partial charge in [-0.25, -0.2) is 9.78 Å². The molecule has 4 rings (SSSR count). The first kappa shape index (κ1) is 15.8. The molecule has 0 saturated heterocycles. The zero-order valence-electron chi connectivity index (χ0n) is 14.0. The standard InChI is InChI=1S/C20H15N3O3/c1-13-17(18(22-26-13)14-8-4-2-5-9-14)16-12-23(19(21-16)20(24)25)15-10-6-3-7-11-15/h2-12H,1H3,(H,24,25). The van der Waals surface area contributed by atoms with Gasteiger partial charge in [-0.1, -0.05) is 53.7 Å². The smallest absolute Gasteiger partial charge is 0.372 e. The van der Waals surface area contributed by atoms with Crippen molar-refractivity contribution in [1.29, 1.82) is 0 Å². The van der Waals surface area contributed by atoms with E-state index in [2.05, 4.69) is 10.1 Å². The number of imidazole rings is 1. The van der Waals surface area contributed by atoms with Crippen LogP contribution in [-0.2, 0) is 0 Å². The Morgan fingerprint density at radius 2 is 1.69 bits per heavy atom. The van der Waals surface area contributed by atoms with Gasteiger partial charge in [-0.15, -0.1) is 0 Å². The van der Waals surface area contributed by atoms with Crippen molar-refractivity contribution < 1.29 is 14.4 Å². The van der Waals surface area contributed by atoms with E-state index in [0.29, 0.717) is 22.7 Å². The molecule has 4 aromatic rings. The fraction of sp³-hybridized carbons (Fsp3) is 0.0500. The van der Waals surface area contributed by atoms with Crippen LogP contribution in [-0.4, -0.2) is 25.8 Å². The van der Waals surface area contributed by atoms with Gasteiger partial charge in [0.1, 0.15) is 11.5 Å². The lowest BCUT2D eigenvalue weighted by atomic mass is 10.0. The number of nitrogens with zero attached hydrogens (tertiary/aromatic N) is 3. The average Bonchev–Trinajstić information content (AvgIpc) is 3.27. The summed E-state index contributed by atoms with van der Waals surface area (Å²) in [7, 11) is 0. The van der Waals surface area contributed by atoms with E-state index in [1.165, 1.54) is 0 Å². The van der Waals surface area contributed by atoms with Gasteiger partial charge < -0.3 is 9.63 Å². The van der Waals surface area contributed by atoms with Gasteiger partial charge in [0.2, 0.25) is 5.82 Å². The molecule has 0 unspecified atom stereocenters. The Kier molecular flexibility index (Phi) is 3.85. The third kappa shape index (κ3) is 2.67. The molecule has 2 heterocycles. The molecule has 0 spiro atoms. The molecule has 128 valence electrons. The Hall–Kier alpha value is -3.67. The number of rotatable bonds is 4. The lowest BCUT2D eigenvalue weighted by molar-refractivity contribution is 0.0681. The number of aryl methyl sites for hydroxylation is 1. The monoisotopic (exact) mass is 345 g/mol. The second kappa shape index (κ2) is 6.33. The van der Waals surface area contributed by atoms with Crippen LogP contribution in [0.15, 0.2) is 71.4 Å². The van der Waals surface area contributed by atoms with Crippen molar-refractivity contribution in [3.63, 3.8) is 0 Å². The third-order valence-electron chi connectivity index (χ3n) is 4.10. The van der Waals surface area contributed by atoms with Gasteiger partial charge in [0.15, 0.2) is 0 Å². The summed E-state index contributed by atoms with van der Waals surface area (Å²) in [5.74, 6) is -0.584. The first-order valence-electron chi connectivity index (χ1n) is 8.05. The highest BCUT2D eigenvalue weighted by Crippen LogP contribution is 2.34. The van der Waals surface area contributed by atoms with Gasteiger partial charge >= 0.3 is 5.97 Å². The van der Waals surface area contributed by atoms with Crippen molar-refractivity contribution in [2.24, 2.45) is 0 Å². The normalized spacial score (nSPS) is 10.8. The Bertz CT molecular complexity index is 1070. The Morgan fingerprint density at radius 3 is 2.35 bits per heavy atom. The average molecular weight is 345 g/mol. The van der Waals surface area contributed by atoms with Crippen LogP contribution in [0.25, 0.3) is 28.2 Å². The van der Waals surface area contributed by atoms with Gasteiger partial charge in [-0.3, -0.25) is 4.57 Å². The summed E-state index contributed by atoms with van der Waals surface area (Å²) in [4.78, 5) is 16.0. The van der Waals surface area contributed by atoms with Gasteiger partial charge in [0.25, 0.3) is 0 Å². The van der Waals surface area contributed by atoms with Crippen molar-refractivity contribution in [3.8, 4) is 28.2 Å². The van der Waals surface area contributed by atoms with Gasteiger partial charge in [0.05, 0.1) is 11.3 Å². The first-order valence-corrected chi connectivity index (χ1v) is 8.05. The number of aromatic carboxylic acids is 1. The molecular formula is C20H15N3O3. The second-order valence-corrected chi connectivity index (χ2v) is 5.79. The summed E-state index contributed by atoms with van der Waals surface area (Å²) in [5, 5.41) is 13.7. The summed E-state index contributed by atoms with van der Waals surface area (Å²) >= 11 is 0. The summed E-state index contributed by atoms with van der Waals surface area (Å²) in [5.41, 5.74) is 3.43. The lowest BCUT2D eigenvalue weighted by Crippen LogP contribution is -2.07. The van der Waals surface area contributed by atoms with Crippen LogP contribution in [0.3, 0.4) is 0 Å². The largest absolute Gasteiger partial charge is 0.475 e. The molecule has 6 heteroatoms. The topological polar surface area (TPSA) is 81.2 Å². The van der Waals surface area contributed by atoms with Gasteiger partial charge in [0, 0.05) is 17.4 Å². The molecule has 0 bridgehead atoms. The van der Waals surface area contributed by atoms with Crippen molar-refractivity contribution in [3.05, 3.63) is 78.4 Å². The molecule has 0 radical (unpaired) electrons. The molecular weight excluding hydrogens is 330 g/mol. The molecule has 6 nitrogen and oxygen atoms in total. The van der Waals surface area contributed by atoms with E-state index in [1.54, 1.807) is 17.7 Å². The van der Waals surface area contributed by atoms with Gasteiger partial charge in [-0.05, 0) is 19.1 Å². The van der Waals surface area contributed by atoms with E-state index < -0.39 is 5.97 Å².